The molecule has 20 heavy (non-hydrogen) atoms. The minimum atomic E-state index is 0.0577. The number of nitrogens with zero attached hydrogens (tertiary/aromatic N) is 1. The summed E-state index contributed by atoms with van der Waals surface area (Å²) >= 11 is 0. The lowest BCUT2D eigenvalue weighted by Gasteiger charge is -2.46. The SMILES string of the molecule is CCCC1CC(CN)(N2CC(OC)C(OC)C2)CCO1. The normalized spacial score (nSPS) is 39.3. The van der Waals surface area contributed by atoms with E-state index >= 15 is 0 Å². The van der Waals surface area contributed by atoms with Crippen molar-refractivity contribution in [3.8, 4) is 0 Å². The van der Waals surface area contributed by atoms with Gasteiger partial charge in [-0.15, -0.1) is 0 Å². The fraction of sp³-hybridized carbons (Fsp3) is 1.00. The highest BCUT2D eigenvalue weighted by Crippen LogP contribution is 2.35. The first-order chi connectivity index (χ1) is 9.69. The van der Waals surface area contributed by atoms with Gasteiger partial charge < -0.3 is 19.9 Å². The lowest BCUT2D eigenvalue weighted by molar-refractivity contribution is -0.0714. The van der Waals surface area contributed by atoms with Crippen molar-refractivity contribution in [2.45, 2.75) is 56.5 Å². The zero-order valence-corrected chi connectivity index (χ0v) is 13.1. The average molecular weight is 286 g/mol. The van der Waals surface area contributed by atoms with E-state index < -0.39 is 0 Å². The Morgan fingerprint density at radius 3 is 2.40 bits per heavy atom. The van der Waals surface area contributed by atoms with Crippen LogP contribution in [0, 0.1) is 0 Å². The number of ether oxygens (including phenoxy) is 3. The number of rotatable bonds is 6. The molecule has 0 aliphatic carbocycles. The smallest absolute Gasteiger partial charge is 0.0972 e. The predicted molar refractivity (Wildman–Crippen MR) is 78.8 cm³/mol. The van der Waals surface area contributed by atoms with Gasteiger partial charge in [-0.05, 0) is 19.3 Å². The average Bonchev–Trinajstić information content (AvgIpc) is 2.91. The third-order valence-electron chi connectivity index (χ3n) is 5.01. The highest BCUT2D eigenvalue weighted by Gasteiger charge is 2.46. The first-order valence-corrected chi connectivity index (χ1v) is 7.81. The minimum Gasteiger partial charge on any atom is -0.378 e. The molecule has 118 valence electrons. The number of likely N-dealkylation sites (tertiary alicyclic amines) is 1. The molecule has 0 spiro atoms. The van der Waals surface area contributed by atoms with Gasteiger partial charge in [0, 0.05) is 46.0 Å². The van der Waals surface area contributed by atoms with Gasteiger partial charge in [-0.25, -0.2) is 0 Å². The molecule has 4 atom stereocenters. The molecule has 0 aromatic heterocycles. The number of hydrogen-bond donors (Lipinski definition) is 1. The van der Waals surface area contributed by atoms with E-state index in [4.69, 9.17) is 19.9 Å². The molecular weight excluding hydrogens is 256 g/mol. The summed E-state index contributed by atoms with van der Waals surface area (Å²) in [6.45, 7) is 5.52. The van der Waals surface area contributed by atoms with Crippen molar-refractivity contribution in [2.75, 3.05) is 40.5 Å². The van der Waals surface area contributed by atoms with Crippen molar-refractivity contribution in [3.05, 3.63) is 0 Å². The number of methoxy groups -OCH3 is 2. The third-order valence-corrected chi connectivity index (χ3v) is 5.01. The molecule has 0 saturated carbocycles. The van der Waals surface area contributed by atoms with Crippen molar-refractivity contribution >= 4 is 0 Å². The minimum absolute atomic E-state index is 0.0577. The Hall–Kier alpha value is -0.200. The summed E-state index contributed by atoms with van der Waals surface area (Å²) in [5.41, 5.74) is 6.23. The van der Waals surface area contributed by atoms with Crippen molar-refractivity contribution in [3.63, 3.8) is 0 Å². The van der Waals surface area contributed by atoms with Gasteiger partial charge in [0.1, 0.15) is 0 Å². The molecule has 2 saturated heterocycles. The van der Waals surface area contributed by atoms with Crippen LogP contribution in [0.2, 0.25) is 0 Å². The highest BCUT2D eigenvalue weighted by molar-refractivity contribution is 5.01. The van der Waals surface area contributed by atoms with Crippen molar-refractivity contribution in [1.82, 2.24) is 4.90 Å². The Morgan fingerprint density at radius 1 is 1.25 bits per heavy atom. The molecule has 4 unspecified atom stereocenters. The summed E-state index contributed by atoms with van der Waals surface area (Å²) in [4.78, 5) is 2.49. The van der Waals surface area contributed by atoms with Crippen molar-refractivity contribution in [2.24, 2.45) is 5.73 Å². The highest BCUT2D eigenvalue weighted by atomic mass is 16.5. The molecule has 0 amide bonds. The Kier molecular flexibility index (Phi) is 5.81. The predicted octanol–water partition coefficient (Wildman–Crippen LogP) is 1.01. The van der Waals surface area contributed by atoms with Gasteiger partial charge in [-0.3, -0.25) is 4.90 Å². The molecule has 2 heterocycles. The fourth-order valence-electron chi connectivity index (χ4n) is 3.69. The molecule has 0 aromatic carbocycles. The van der Waals surface area contributed by atoms with Crippen LogP contribution < -0.4 is 5.73 Å². The van der Waals surface area contributed by atoms with E-state index in [0.29, 0.717) is 12.6 Å². The van der Waals surface area contributed by atoms with Crippen LogP contribution >= 0.6 is 0 Å². The quantitative estimate of drug-likeness (QED) is 0.790. The molecule has 2 aliphatic rings. The lowest BCUT2D eigenvalue weighted by Crippen LogP contribution is -2.58. The second kappa shape index (κ2) is 7.18. The van der Waals surface area contributed by atoms with Crippen LogP contribution in [0.15, 0.2) is 0 Å². The van der Waals surface area contributed by atoms with E-state index in [9.17, 15) is 0 Å². The van der Waals surface area contributed by atoms with Crippen LogP contribution in [-0.2, 0) is 14.2 Å². The van der Waals surface area contributed by atoms with Crippen LogP contribution in [0.3, 0.4) is 0 Å². The first-order valence-electron chi connectivity index (χ1n) is 7.81. The van der Waals surface area contributed by atoms with E-state index in [2.05, 4.69) is 11.8 Å². The molecule has 2 N–H and O–H groups in total. The maximum absolute atomic E-state index is 6.17. The van der Waals surface area contributed by atoms with E-state index in [0.717, 1.165) is 45.4 Å². The van der Waals surface area contributed by atoms with E-state index in [-0.39, 0.29) is 17.7 Å². The summed E-state index contributed by atoms with van der Waals surface area (Å²) in [5, 5.41) is 0. The Labute approximate surface area is 122 Å². The van der Waals surface area contributed by atoms with Crippen LogP contribution in [-0.4, -0.2) is 69.2 Å². The van der Waals surface area contributed by atoms with Crippen LogP contribution in [0.1, 0.15) is 32.6 Å². The monoisotopic (exact) mass is 286 g/mol. The van der Waals surface area contributed by atoms with Gasteiger partial charge in [-0.1, -0.05) is 13.3 Å². The van der Waals surface area contributed by atoms with Crippen LogP contribution in [0.4, 0.5) is 0 Å². The zero-order valence-electron chi connectivity index (χ0n) is 13.1. The second-order valence-corrected chi connectivity index (χ2v) is 6.12. The summed E-state index contributed by atoms with van der Waals surface area (Å²) in [5.74, 6) is 0. The molecule has 2 fully saturated rings. The topological polar surface area (TPSA) is 57.0 Å². The maximum Gasteiger partial charge on any atom is 0.0972 e. The summed E-state index contributed by atoms with van der Waals surface area (Å²) in [6, 6.07) is 0. The van der Waals surface area contributed by atoms with E-state index in [1.165, 1.54) is 0 Å². The van der Waals surface area contributed by atoms with Gasteiger partial charge >= 0.3 is 0 Å². The fourth-order valence-corrected chi connectivity index (χ4v) is 3.69. The van der Waals surface area contributed by atoms with Crippen LogP contribution in [0.5, 0.6) is 0 Å². The van der Waals surface area contributed by atoms with Crippen molar-refractivity contribution < 1.29 is 14.2 Å². The molecule has 0 radical (unpaired) electrons. The van der Waals surface area contributed by atoms with Crippen molar-refractivity contribution in [1.29, 1.82) is 0 Å². The summed E-state index contributed by atoms with van der Waals surface area (Å²) < 4.78 is 17.0. The number of nitrogens with two attached hydrogens (primary N) is 1. The molecule has 0 bridgehead atoms. The molecular formula is C15H30N2O3. The maximum atomic E-state index is 6.17. The molecule has 2 rings (SSSR count). The Morgan fingerprint density at radius 2 is 1.90 bits per heavy atom. The Balaban J connectivity index is 2.07. The second-order valence-electron chi connectivity index (χ2n) is 6.12. The standard InChI is InChI=1S/C15H30N2O3/c1-4-5-12-8-15(11-16,6-7-20-12)17-9-13(18-2)14(10-17)19-3/h12-14H,4-11,16H2,1-3H3. The van der Waals surface area contributed by atoms with Gasteiger partial charge in [0.2, 0.25) is 0 Å². The van der Waals surface area contributed by atoms with Crippen LogP contribution in [0.25, 0.3) is 0 Å². The lowest BCUT2D eigenvalue weighted by atomic mass is 9.84. The zero-order chi connectivity index (χ0) is 14.6. The molecule has 5 nitrogen and oxygen atoms in total. The largest absolute Gasteiger partial charge is 0.378 e. The summed E-state index contributed by atoms with van der Waals surface area (Å²) in [7, 11) is 3.53. The number of hydrogen-bond acceptors (Lipinski definition) is 5. The molecule has 0 aromatic rings. The van der Waals surface area contributed by atoms with Gasteiger partial charge in [0.25, 0.3) is 0 Å². The Bertz CT molecular complexity index is 289. The van der Waals surface area contributed by atoms with E-state index in [1.807, 2.05) is 0 Å². The third kappa shape index (κ3) is 3.17. The molecule has 5 heteroatoms. The van der Waals surface area contributed by atoms with Gasteiger partial charge in [-0.2, -0.15) is 0 Å². The van der Waals surface area contributed by atoms with Gasteiger partial charge in [0.05, 0.1) is 18.3 Å². The first kappa shape index (κ1) is 16.2. The van der Waals surface area contributed by atoms with E-state index in [1.54, 1.807) is 14.2 Å². The summed E-state index contributed by atoms with van der Waals surface area (Å²) in [6.07, 6.45) is 4.97. The van der Waals surface area contributed by atoms with Gasteiger partial charge in [0.15, 0.2) is 0 Å². The molecule has 2 aliphatic heterocycles.